The van der Waals surface area contributed by atoms with Gasteiger partial charge >= 0.3 is 0 Å². The maximum atomic E-state index is 13.6. The van der Waals surface area contributed by atoms with E-state index >= 15 is 0 Å². The Morgan fingerprint density at radius 2 is 2.00 bits per heavy atom. The third-order valence-corrected chi connectivity index (χ3v) is 3.41. The SMILES string of the molecule is CCOc1ccc(C)cc1C(N)c1ccc(Cl)c(F)c1. The normalized spacial score (nSPS) is 12.2. The molecular formula is C16H17ClFNO. The molecule has 0 saturated carbocycles. The maximum absolute atomic E-state index is 13.6. The Morgan fingerprint density at radius 1 is 1.25 bits per heavy atom. The Balaban J connectivity index is 2.43. The topological polar surface area (TPSA) is 35.2 Å². The van der Waals surface area contributed by atoms with E-state index < -0.39 is 11.9 Å². The van der Waals surface area contributed by atoms with Crippen LogP contribution < -0.4 is 10.5 Å². The van der Waals surface area contributed by atoms with Crippen LogP contribution in [0, 0.1) is 12.7 Å². The number of hydrogen-bond acceptors (Lipinski definition) is 2. The van der Waals surface area contributed by atoms with Gasteiger partial charge in [0.05, 0.1) is 17.7 Å². The quantitative estimate of drug-likeness (QED) is 0.915. The van der Waals surface area contributed by atoms with Gasteiger partial charge in [-0.25, -0.2) is 4.39 Å². The smallest absolute Gasteiger partial charge is 0.142 e. The van der Waals surface area contributed by atoms with Crippen molar-refractivity contribution in [3.63, 3.8) is 0 Å². The van der Waals surface area contributed by atoms with Crippen LogP contribution in [0.1, 0.15) is 29.7 Å². The zero-order chi connectivity index (χ0) is 14.7. The van der Waals surface area contributed by atoms with Crippen molar-refractivity contribution in [2.24, 2.45) is 5.73 Å². The zero-order valence-corrected chi connectivity index (χ0v) is 12.2. The Labute approximate surface area is 123 Å². The van der Waals surface area contributed by atoms with Crippen molar-refractivity contribution in [1.29, 1.82) is 0 Å². The number of hydrogen-bond donors (Lipinski definition) is 1. The first-order chi connectivity index (χ1) is 9.52. The molecule has 0 aliphatic rings. The Kier molecular flexibility index (Phi) is 4.63. The van der Waals surface area contributed by atoms with Crippen LogP contribution in [0.3, 0.4) is 0 Å². The second-order valence-electron chi connectivity index (χ2n) is 4.63. The molecule has 0 aliphatic carbocycles. The Morgan fingerprint density at radius 3 is 2.65 bits per heavy atom. The van der Waals surface area contributed by atoms with E-state index in [0.29, 0.717) is 12.2 Å². The highest BCUT2D eigenvalue weighted by Gasteiger charge is 2.16. The van der Waals surface area contributed by atoms with Crippen LogP contribution in [-0.4, -0.2) is 6.61 Å². The first-order valence-electron chi connectivity index (χ1n) is 6.46. The number of benzene rings is 2. The van der Waals surface area contributed by atoms with Crippen molar-refractivity contribution in [2.45, 2.75) is 19.9 Å². The van der Waals surface area contributed by atoms with Gasteiger partial charge in [0.2, 0.25) is 0 Å². The van der Waals surface area contributed by atoms with Gasteiger partial charge in [0.25, 0.3) is 0 Å². The molecule has 0 radical (unpaired) electrons. The Hall–Kier alpha value is -1.58. The lowest BCUT2D eigenvalue weighted by atomic mass is 9.97. The van der Waals surface area contributed by atoms with Gasteiger partial charge in [-0.3, -0.25) is 0 Å². The number of rotatable bonds is 4. The molecule has 2 rings (SSSR count). The summed E-state index contributed by atoms with van der Waals surface area (Å²) in [4.78, 5) is 0. The van der Waals surface area contributed by atoms with Crippen molar-refractivity contribution >= 4 is 11.6 Å². The van der Waals surface area contributed by atoms with E-state index in [4.69, 9.17) is 22.1 Å². The lowest BCUT2D eigenvalue weighted by Gasteiger charge is -2.18. The van der Waals surface area contributed by atoms with Crippen LogP contribution in [0.25, 0.3) is 0 Å². The van der Waals surface area contributed by atoms with Crippen molar-refractivity contribution in [2.75, 3.05) is 6.61 Å². The number of halogens is 2. The minimum Gasteiger partial charge on any atom is -0.494 e. The van der Waals surface area contributed by atoms with E-state index in [1.807, 2.05) is 32.0 Å². The van der Waals surface area contributed by atoms with Gasteiger partial charge in [0.1, 0.15) is 11.6 Å². The van der Waals surface area contributed by atoms with Crippen LogP contribution in [0.2, 0.25) is 5.02 Å². The molecule has 2 aromatic carbocycles. The second kappa shape index (κ2) is 6.25. The maximum Gasteiger partial charge on any atom is 0.142 e. The van der Waals surface area contributed by atoms with Crippen molar-refractivity contribution in [1.82, 2.24) is 0 Å². The predicted molar refractivity (Wildman–Crippen MR) is 79.8 cm³/mol. The average molecular weight is 294 g/mol. The predicted octanol–water partition coefficient (Wildman–Crippen LogP) is 4.23. The summed E-state index contributed by atoms with van der Waals surface area (Å²) in [6.45, 7) is 4.45. The van der Waals surface area contributed by atoms with Crippen molar-refractivity contribution < 1.29 is 9.13 Å². The molecule has 4 heteroatoms. The summed E-state index contributed by atoms with van der Waals surface area (Å²) < 4.78 is 19.2. The van der Waals surface area contributed by atoms with Crippen LogP contribution in [0.15, 0.2) is 36.4 Å². The van der Waals surface area contributed by atoms with E-state index in [1.54, 1.807) is 6.07 Å². The largest absolute Gasteiger partial charge is 0.494 e. The molecule has 0 bridgehead atoms. The number of nitrogens with two attached hydrogens (primary N) is 1. The van der Waals surface area contributed by atoms with E-state index in [9.17, 15) is 4.39 Å². The number of ether oxygens (including phenoxy) is 1. The third-order valence-electron chi connectivity index (χ3n) is 3.10. The van der Waals surface area contributed by atoms with E-state index in [0.717, 1.165) is 16.9 Å². The van der Waals surface area contributed by atoms with Gasteiger partial charge in [0, 0.05) is 5.56 Å². The summed E-state index contributed by atoms with van der Waals surface area (Å²) >= 11 is 5.70. The van der Waals surface area contributed by atoms with Crippen molar-refractivity contribution in [3.05, 3.63) is 63.9 Å². The van der Waals surface area contributed by atoms with E-state index in [1.165, 1.54) is 12.1 Å². The van der Waals surface area contributed by atoms with Crippen LogP contribution in [-0.2, 0) is 0 Å². The van der Waals surface area contributed by atoms with Crippen LogP contribution in [0.5, 0.6) is 5.75 Å². The molecule has 0 aliphatic heterocycles. The highest BCUT2D eigenvalue weighted by molar-refractivity contribution is 6.30. The molecule has 0 spiro atoms. The summed E-state index contributed by atoms with van der Waals surface area (Å²) in [7, 11) is 0. The lowest BCUT2D eigenvalue weighted by molar-refractivity contribution is 0.335. The minimum atomic E-state index is -0.467. The van der Waals surface area contributed by atoms with Crippen LogP contribution >= 0.6 is 11.6 Å². The van der Waals surface area contributed by atoms with Gasteiger partial charge in [-0.2, -0.15) is 0 Å². The van der Waals surface area contributed by atoms with E-state index in [-0.39, 0.29) is 5.02 Å². The molecule has 0 heterocycles. The molecule has 2 aromatic rings. The highest BCUT2D eigenvalue weighted by Crippen LogP contribution is 2.30. The summed E-state index contributed by atoms with van der Waals surface area (Å²) in [5.41, 5.74) is 8.83. The molecule has 2 nitrogen and oxygen atoms in total. The molecule has 1 unspecified atom stereocenters. The first kappa shape index (κ1) is 14.8. The molecule has 0 amide bonds. The van der Waals surface area contributed by atoms with E-state index in [2.05, 4.69) is 0 Å². The molecule has 0 fully saturated rings. The molecule has 0 saturated heterocycles. The first-order valence-corrected chi connectivity index (χ1v) is 6.84. The highest BCUT2D eigenvalue weighted by atomic mass is 35.5. The lowest BCUT2D eigenvalue weighted by Crippen LogP contribution is -2.14. The second-order valence-corrected chi connectivity index (χ2v) is 5.03. The molecule has 106 valence electrons. The van der Waals surface area contributed by atoms with Gasteiger partial charge in [0.15, 0.2) is 0 Å². The molecule has 2 N–H and O–H groups in total. The summed E-state index contributed by atoms with van der Waals surface area (Å²) in [5, 5.41) is 0.0928. The Bertz CT molecular complexity index is 615. The zero-order valence-electron chi connectivity index (χ0n) is 11.5. The van der Waals surface area contributed by atoms with Gasteiger partial charge < -0.3 is 10.5 Å². The standard InChI is InChI=1S/C16H17ClFNO/c1-3-20-15-7-4-10(2)8-12(15)16(19)11-5-6-13(17)14(18)9-11/h4-9,16H,3,19H2,1-2H3. The number of aryl methyl sites for hydroxylation is 1. The molecule has 20 heavy (non-hydrogen) atoms. The average Bonchev–Trinajstić information content (AvgIpc) is 2.43. The third kappa shape index (κ3) is 3.11. The summed E-state index contributed by atoms with van der Waals surface area (Å²) in [6.07, 6.45) is 0. The fourth-order valence-corrected chi connectivity index (χ4v) is 2.20. The summed E-state index contributed by atoms with van der Waals surface area (Å²) in [5.74, 6) is 0.256. The van der Waals surface area contributed by atoms with Gasteiger partial charge in [-0.1, -0.05) is 35.4 Å². The van der Waals surface area contributed by atoms with Crippen LogP contribution in [0.4, 0.5) is 4.39 Å². The molecular weight excluding hydrogens is 277 g/mol. The fraction of sp³-hybridized carbons (Fsp3) is 0.250. The minimum absolute atomic E-state index is 0.0928. The van der Waals surface area contributed by atoms with Gasteiger partial charge in [-0.05, 0) is 37.6 Å². The monoisotopic (exact) mass is 293 g/mol. The fourth-order valence-electron chi connectivity index (χ4n) is 2.08. The molecule has 1 atom stereocenters. The summed E-state index contributed by atoms with van der Waals surface area (Å²) in [6, 6.07) is 9.97. The van der Waals surface area contributed by atoms with Gasteiger partial charge in [-0.15, -0.1) is 0 Å². The molecule has 0 aromatic heterocycles. The van der Waals surface area contributed by atoms with Crippen molar-refractivity contribution in [3.8, 4) is 5.75 Å².